The summed E-state index contributed by atoms with van der Waals surface area (Å²) in [5, 5.41) is 6.51. The highest BCUT2D eigenvalue weighted by Crippen LogP contribution is 2.25. The Morgan fingerprint density at radius 2 is 1.63 bits per heavy atom. The molecule has 1 amide bonds. The molecule has 11 heteroatoms. The second-order valence-corrected chi connectivity index (χ2v) is 12.2. The molecule has 10 nitrogen and oxygen atoms in total. The molecule has 3 N–H and O–H groups in total. The maximum absolute atomic E-state index is 12.7. The number of piperidine rings is 1. The van der Waals surface area contributed by atoms with Crippen molar-refractivity contribution >= 4 is 33.0 Å². The Balaban J connectivity index is 1.05. The van der Waals surface area contributed by atoms with E-state index in [0.717, 1.165) is 50.0 Å². The summed E-state index contributed by atoms with van der Waals surface area (Å²) >= 11 is 0. The van der Waals surface area contributed by atoms with Gasteiger partial charge in [-0.3, -0.25) is 14.4 Å². The lowest BCUT2D eigenvalue weighted by atomic mass is 10.0. The minimum atomic E-state index is -3.32. The summed E-state index contributed by atoms with van der Waals surface area (Å²) in [7, 11) is -1.75. The van der Waals surface area contributed by atoms with Gasteiger partial charge in [0.2, 0.25) is 15.9 Å². The first kappa shape index (κ1) is 29.9. The van der Waals surface area contributed by atoms with E-state index in [4.69, 9.17) is 9.47 Å². The Bertz CT molecular complexity index is 1620. The van der Waals surface area contributed by atoms with Gasteiger partial charge in [0.15, 0.2) is 0 Å². The van der Waals surface area contributed by atoms with Crippen molar-refractivity contribution in [1.29, 1.82) is 0 Å². The lowest BCUT2D eigenvalue weighted by molar-refractivity contribution is 0.102. The number of nitrogens with one attached hydrogen (secondary N) is 3. The number of para-hydroxylation sites is 2. The van der Waals surface area contributed by atoms with Crippen LogP contribution in [0.1, 0.15) is 28.8 Å². The van der Waals surface area contributed by atoms with Crippen LogP contribution in [0.15, 0.2) is 91.1 Å². The smallest absolute Gasteiger partial charge is 0.255 e. The highest BCUT2D eigenvalue weighted by Gasteiger charge is 2.19. The summed E-state index contributed by atoms with van der Waals surface area (Å²) in [5.41, 5.74) is 3.79. The number of hydrogen-bond acceptors (Lipinski definition) is 8. The first-order chi connectivity index (χ1) is 20.7. The number of benzene rings is 3. The highest BCUT2D eigenvalue weighted by atomic mass is 32.2. The van der Waals surface area contributed by atoms with Crippen molar-refractivity contribution in [2.75, 3.05) is 41.8 Å². The summed E-state index contributed by atoms with van der Waals surface area (Å²) in [4.78, 5) is 19.5. The maximum atomic E-state index is 12.7. The van der Waals surface area contributed by atoms with E-state index in [0.29, 0.717) is 40.4 Å². The fourth-order valence-corrected chi connectivity index (χ4v) is 5.44. The van der Waals surface area contributed by atoms with E-state index in [1.807, 2.05) is 66.9 Å². The Hall–Kier alpha value is -4.61. The Morgan fingerprint density at radius 1 is 0.930 bits per heavy atom. The van der Waals surface area contributed by atoms with E-state index in [2.05, 4.69) is 25.2 Å². The minimum Gasteiger partial charge on any atom is -0.495 e. The number of nitrogens with zero attached hydrogens (tertiary/aromatic N) is 2. The molecule has 1 aliphatic heterocycles. The molecule has 43 heavy (non-hydrogen) atoms. The van der Waals surface area contributed by atoms with Crippen molar-refractivity contribution < 1.29 is 22.7 Å². The summed E-state index contributed by atoms with van der Waals surface area (Å²) in [6.45, 7) is 2.73. The molecular weight excluding hydrogens is 566 g/mol. The van der Waals surface area contributed by atoms with Crippen molar-refractivity contribution in [3.8, 4) is 17.4 Å². The number of ether oxygens (including phenoxy) is 2. The normalized spacial score (nSPS) is 14.1. The van der Waals surface area contributed by atoms with Gasteiger partial charge in [-0.2, -0.15) is 0 Å². The topological polar surface area (TPSA) is 122 Å². The largest absolute Gasteiger partial charge is 0.495 e. The molecule has 0 aliphatic carbocycles. The zero-order valence-electron chi connectivity index (χ0n) is 24.1. The van der Waals surface area contributed by atoms with Gasteiger partial charge in [0, 0.05) is 54.9 Å². The third-order valence-electron chi connectivity index (χ3n) is 7.04. The van der Waals surface area contributed by atoms with Gasteiger partial charge in [-0.25, -0.2) is 13.4 Å². The Labute approximate surface area is 252 Å². The number of pyridine rings is 1. The number of anilines is 3. The van der Waals surface area contributed by atoms with Crippen molar-refractivity contribution in [1.82, 2.24) is 9.88 Å². The van der Waals surface area contributed by atoms with Gasteiger partial charge in [0.1, 0.15) is 11.5 Å². The Kier molecular flexibility index (Phi) is 9.43. The van der Waals surface area contributed by atoms with Crippen LogP contribution in [-0.4, -0.2) is 56.7 Å². The van der Waals surface area contributed by atoms with Crippen molar-refractivity contribution in [3.63, 3.8) is 0 Å². The van der Waals surface area contributed by atoms with Gasteiger partial charge < -0.3 is 20.1 Å². The summed E-state index contributed by atoms with van der Waals surface area (Å²) in [5.74, 6) is 1.48. The second kappa shape index (κ2) is 13.6. The molecule has 0 bridgehead atoms. The number of carbonyl (C=O) groups is 1. The van der Waals surface area contributed by atoms with Crippen LogP contribution in [-0.2, 0) is 16.6 Å². The van der Waals surface area contributed by atoms with Gasteiger partial charge in [-0.15, -0.1) is 0 Å². The molecule has 0 saturated carbocycles. The molecule has 0 unspecified atom stereocenters. The summed E-state index contributed by atoms with van der Waals surface area (Å²) < 4.78 is 36.2. The third kappa shape index (κ3) is 8.69. The fourth-order valence-electron chi connectivity index (χ4n) is 4.88. The second-order valence-electron chi connectivity index (χ2n) is 10.4. The molecule has 0 radical (unpaired) electrons. The number of likely N-dealkylation sites (tertiary alicyclic amines) is 1. The van der Waals surface area contributed by atoms with Crippen LogP contribution in [0.5, 0.6) is 17.4 Å². The van der Waals surface area contributed by atoms with Crippen LogP contribution in [0.3, 0.4) is 0 Å². The lowest BCUT2D eigenvalue weighted by Gasteiger charge is -2.32. The minimum absolute atomic E-state index is 0.184. The monoisotopic (exact) mass is 601 g/mol. The van der Waals surface area contributed by atoms with E-state index in [1.165, 1.54) is 0 Å². The molecule has 0 atom stereocenters. The molecule has 224 valence electrons. The molecule has 5 rings (SSSR count). The maximum Gasteiger partial charge on any atom is 0.255 e. The zero-order valence-corrected chi connectivity index (χ0v) is 24.9. The van der Waals surface area contributed by atoms with Gasteiger partial charge in [0.05, 0.1) is 19.1 Å². The van der Waals surface area contributed by atoms with Crippen molar-refractivity contribution in [2.24, 2.45) is 0 Å². The summed E-state index contributed by atoms with van der Waals surface area (Å²) in [6, 6.07) is 25.8. The van der Waals surface area contributed by atoms with E-state index in [1.54, 1.807) is 31.4 Å². The number of sulfonamides is 1. The number of methoxy groups -OCH3 is 1. The number of hydrogen-bond donors (Lipinski definition) is 3. The molecule has 0 spiro atoms. The van der Waals surface area contributed by atoms with Gasteiger partial charge >= 0.3 is 0 Å². The van der Waals surface area contributed by atoms with E-state index in [-0.39, 0.29) is 5.91 Å². The molecule has 1 aliphatic rings. The van der Waals surface area contributed by atoms with Gasteiger partial charge in [-0.1, -0.05) is 18.2 Å². The fraction of sp³-hybridized carbons (Fsp3) is 0.250. The molecule has 1 aromatic heterocycles. The van der Waals surface area contributed by atoms with E-state index in [9.17, 15) is 13.2 Å². The predicted molar refractivity (Wildman–Crippen MR) is 169 cm³/mol. The number of rotatable bonds is 11. The molecule has 3 aromatic carbocycles. The van der Waals surface area contributed by atoms with Crippen LogP contribution >= 0.6 is 0 Å². The molecule has 4 aromatic rings. The van der Waals surface area contributed by atoms with Crippen molar-refractivity contribution in [2.45, 2.75) is 25.4 Å². The SMILES string of the molecule is COc1ccccc1NC(=O)c1ccc(NC2CCN(Cc3ccc(Oc4ccc(NS(C)(=O)=O)cc4)nc3)CC2)cc1. The third-order valence-corrected chi connectivity index (χ3v) is 7.65. The van der Waals surface area contributed by atoms with Crippen molar-refractivity contribution in [3.05, 3.63) is 102 Å². The van der Waals surface area contributed by atoms with Crippen LogP contribution in [0.25, 0.3) is 0 Å². The number of amides is 1. The molecule has 1 saturated heterocycles. The standard InChI is InChI=1S/C32H35N5O5S/c1-41-30-6-4-3-5-29(30)35-32(38)24-8-10-25(11-9-24)34-26-17-19-37(20-18-26)22-23-7-16-31(33-21-23)42-28-14-12-27(13-15-28)36-43(2,39)40/h3-16,21,26,34,36H,17-20,22H2,1-2H3,(H,35,38). The predicted octanol–water partition coefficient (Wildman–Crippen LogP) is 5.58. The van der Waals surface area contributed by atoms with E-state index >= 15 is 0 Å². The van der Waals surface area contributed by atoms with E-state index < -0.39 is 10.0 Å². The summed E-state index contributed by atoms with van der Waals surface area (Å²) in [6.07, 6.45) is 4.95. The van der Waals surface area contributed by atoms with Crippen LogP contribution in [0.4, 0.5) is 17.1 Å². The average molecular weight is 602 g/mol. The number of carbonyl (C=O) groups excluding carboxylic acids is 1. The van der Waals surface area contributed by atoms with Crippen LogP contribution < -0.4 is 24.8 Å². The van der Waals surface area contributed by atoms with Crippen LogP contribution in [0, 0.1) is 0 Å². The number of aromatic nitrogens is 1. The highest BCUT2D eigenvalue weighted by molar-refractivity contribution is 7.92. The quantitative estimate of drug-likeness (QED) is 0.204. The average Bonchev–Trinajstić information content (AvgIpc) is 3.00. The molecule has 2 heterocycles. The molecule has 1 fully saturated rings. The lowest BCUT2D eigenvalue weighted by Crippen LogP contribution is -2.38. The zero-order chi connectivity index (χ0) is 30.2. The molecular formula is C32H35N5O5S. The first-order valence-corrected chi connectivity index (χ1v) is 15.9. The van der Waals surface area contributed by atoms with Crippen LogP contribution in [0.2, 0.25) is 0 Å². The first-order valence-electron chi connectivity index (χ1n) is 14.0. The van der Waals surface area contributed by atoms with Gasteiger partial charge in [0.25, 0.3) is 5.91 Å². The Morgan fingerprint density at radius 3 is 2.28 bits per heavy atom. The van der Waals surface area contributed by atoms with Gasteiger partial charge in [-0.05, 0) is 79.1 Å².